The van der Waals surface area contributed by atoms with Gasteiger partial charge in [-0.25, -0.2) is 0 Å². The number of halogens is 1. The minimum absolute atomic E-state index is 0.0987. The average Bonchev–Trinajstić information content (AvgIpc) is 2.82. The number of hydrogen-bond donors (Lipinski definition) is 1. The third-order valence-electron chi connectivity index (χ3n) is 3.26. The smallest absolute Gasteiger partial charge is 0.216 e. The number of nitrogens with zero attached hydrogens (tertiary/aromatic N) is 2. The van der Waals surface area contributed by atoms with Crippen LogP contribution in [0.4, 0.5) is 5.69 Å². The Labute approximate surface area is 148 Å². The number of aromatic nitrogens is 1. The van der Waals surface area contributed by atoms with Crippen molar-refractivity contribution < 1.29 is 5.11 Å². The molecule has 0 saturated carbocycles. The van der Waals surface area contributed by atoms with E-state index in [4.69, 9.17) is 23.8 Å². The summed E-state index contributed by atoms with van der Waals surface area (Å²) in [5.74, 6) is 0.0987. The van der Waals surface area contributed by atoms with Crippen molar-refractivity contribution in [1.82, 2.24) is 4.57 Å². The van der Waals surface area contributed by atoms with Gasteiger partial charge in [0.1, 0.15) is 4.88 Å². The van der Waals surface area contributed by atoms with Crippen LogP contribution in [-0.4, -0.2) is 15.9 Å². The van der Waals surface area contributed by atoms with Crippen molar-refractivity contribution in [1.29, 1.82) is 0 Å². The molecule has 0 amide bonds. The van der Waals surface area contributed by atoms with Crippen molar-refractivity contribution in [3.05, 3.63) is 67.9 Å². The predicted molar refractivity (Wildman–Crippen MR) is 99.6 cm³/mol. The lowest BCUT2D eigenvalue weighted by Crippen LogP contribution is -1.93. The van der Waals surface area contributed by atoms with Crippen LogP contribution in [0.2, 0.25) is 5.02 Å². The van der Waals surface area contributed by atoms with E-state index in [-0.39, 0.29) is 5.88 Å². The van der Waals surface area contributed by atoms with Crippen molar-refractivity contribution in [2.75, 3.05) is 0 Å². The second-order valence-corrected chi connectivity index (χ2v) is 7.07. The van der Waals surface area contributed by atoms with Crippen LogP contribution in [0.25, 0.3) is 5.69 Å². The molecule has 3 rings (SSSR count). The molecule has 1 aromatic heterocycles. The molecule has 1 N–H and O–H groups in total. The van der Waals surface area contributed by atoms with Crippen molar-refractivity contribution in [3.63, 3.8) is 0 Å². The van der Waals surface area contributed by atoms with Gasteiger partial charge < -0.3 is 5.11 Å². The second-order valence-electron chi connectivity index (χ2n) is 4.96. The molecular weight excluding hydrogens is 348 g/mol. The van der Waals surface area contributed by atoms with Crippen LogP contribution in [0.5, 0.6) is 5.88 Å². The highest BCUT2D eigenvalue weighted by Crippen LogP contribution is 2.29. The lowest BCUT2D eigenvalue weighted by atomic mass is 10.2. The van der Waals surface area contributed by atoms with Crippen LogP contribution in [0.3, 0.4) is 0 Å². The third-order valence-corrected chi connectivity index (χ3v) is 4.81. The molecule has 3 aromatic rings. The Bertz CT molecular complexity index is 909. The van der Waals surface area contributed by atoms with Gasteiger partial charge in [-0.1, -0.05) is 40.6 Å². The first kappa shape index (κ1) is 15.9. The van der Waals surface area contributed by atoms with Gasteiger partial charge in [0, 0.05) is 5.02 Å². The Kier molecular flexibility index (Phi) is 4.61. The summed E-state index contributed by atoms with van der Waals surface area (Å²) in [6.07, 6.45) is 1.61. The summed E-state index contributed by atoms with van der Waals surface area (Å²) in [6, 6.07) is 15.0. The standard InChI is InChI=1S/C17H13ClN2OS2/c1-11-2-8-14(9-3-11)20-16(21)15(23-17(20)22)10-19-13-6-4-12(18)5-7-13/h2-10,21H,1H3. The molecule has 6 heteroatoms. The van der Waals surface area contributed by atoms with Crippen molar-refractivity contribution >= 4 is 47.1 Å². The molecule has 0 atom stereocenters. The van der Waals surface area contributed by atoms with Crippen molar-refractivity contribution in [3.8, 4) is 11.6 Å². The highest BCUT2D eigenvalue weighted by atomic mass is 35.5. The van der Waals surface area contributed by atoms with Crippen molar-refractivity contribution in [2.24, 2.45) is 4.99 Å². The Morgan fingerprint density at radius 2 is 1.78 bits per heavy atom. The molecule has 116 valence electrons. The Morgan fingerprint density at radius 3 is 2.43 bits per heavy atom. The molecule has 0 aliphatic heterocycles. The molecule has 0 saturated heterocycles. The summed E-state index contributed by atoms with van der Waals surface area (Å²) in [7, 11) is 0. The molecule has 0 spiro atoms. The van der Waals surface area contributed by atoms with E-state index in [1.165, 1.54) is 11.3 Å². The fraction of sp³-hybridized carbons (Fsp3) is 0.0588. The van der Waals surface area contributed by atoms with E-state index in [9.17, 15) is 5.11 Å². The first-order chi connectivity index (χ1) is 11.0. The van der Waals surface area contributed by atoms with E-state index in [1.807, 2.05) is 43.3 Å². The average molecular weight is 361 g/mol. The normalized spacial score (nSPS) is 11.2. The summed E-state index contributed by atoms with van der Waals surface area (Å²) in [5, 5.41) is 11.1. The Balaban J connectivity index is 1.96. The molecule has 23 heavy (non-hydrogen) atoms. The van der Waals surface area contributed by atoms with Crippen LogP contribution in [0.1, 0.15) is 10.4 Å². The SMILES string of the molecule is Cc1ccc(-n2c(O)c(C=Nc3ccc(Cl)cc3)sc2=S)cc1. The largest absolute Gasteiger partial charge is 0.493 e. The fourth-order valence-corrected chi connectivity index (χ4v) is 3.39. The summed E-state index contributed by atoms with van der Waals surface area (Å²) < 4.78 is 2.21. The number of aryl methyl sites for hydroxylation is 1. The van der Waals surface area contributed by atoms with Crippen LogP contribution in [0.15, 0.2) is 53.5 Å². The predicted octanol–water partition coefficient (Wildman–Crippen LogP) is 5.69. The van der Waals surface area contributed by atoms with Crippen LogP contribution >= 0.6 is 35.2 Å². The molecule has 0 unspecified atom stereocenters. The van der Waals surface area contributed by atoms with Gasteiger partial charge in [0.15, 0.2) is 3.95 Å². The first-order valence-electron chi connectivity index (χ1n) is 6.86. The number of thiazole rings is 1. The molecule has 3 nitrogen and oxygen atoms in total. The van der Waals surface area contributed by atoms with E-state index in [0.29, 0.717) is 13.9 Å². The Morgan fingerprint density at radius 1 is 1.13 bits per heavy atom. The molecule has 0 bridgehead atoms. The Hall–Kier alpha value is -1.95. The lowest BCUT2D eigenvalue weighted by Gasteiger charge is -2.04. The fourth-order valence-electron chi connectivity index (χ4n) is 2.05. The van der Waals surface area contributed by atoms with E-state index >= 15 is 0 Å². The van der Waals surface area contributed by atoms with E-state index in [1.54, 1.807) is 22.9 Å². The number of benzene rings is 2. The van der Waals surface area contributed by atoms with Crippen LogP contribution in [-0.2, 0) is 0 Å². The quantitative estimate of drug-likeness (QED) is 0.481. The summed E-state index contributed by atoms with van der Waals surface area (Å²) in [6.45, 7) is 2.01. The number of aliphatic imine (C=N–C) groups is 1. The molecule has 0 fully saturated rings. The van der Waals surface area contributed by atoms with E-state index < -0.39 is 0 Å². The first-order valence-corrected chi connectivity index (χ1v) is 8.46. The molecule has 0 radical (unpaired) electrons. The number of hydrogen-bond acceptors (Lipinski definition) is 4. The van der Waals surface area contributed by atoms with Crippen molar-refractivity contribution in [2.45, 2.75) is 6.92 Å². The van der Waals surface area contributed by atoms with E-state index in [0.717, 1.165) is 16.9 Å². The molecule has 0 aliphatic carbocycles. The zero-order valence-corrected chi connectivity index (χ0v) is 14.6. The lowest BCUT2D eigenvalue weighted by molar-refractivity contribution is 0.441. The second kappa shape index (κ2) is 6.66. The van der Waals surface area contributed by atoms with Crippen LogP contribution < -0.4 is 0 Å². The monoisotopic (exact) mass is 360 g/mol. The molecule has 2 aromatic carbocycles. The summed E-state index contributed by atoms with van der Waals surface area (Å²) in [5.41, 5.74) is 2.75. The van der Waals surface area contributed by atoms with Gasteiger partial charge in [0.25, 0.3) is 0 Å². The van der Waals surface area contributed by atoms with Gasteiger partial charge in [0.05, 0.1) is 17.6 Å². The summed E-state index contributed by atoms with van der Waals surface area (Å²) >= 11 is 12.5. The van der Waals surface area contributed by atoms with Gasteiger partial charge in [-0.05, 0) is 55.5 Å². The van der Waals surface area contributed by atoms with Gasteiger partial charge in [-0.15, -0.1) is 0 Å². The maximum Gasteiger partial charge on any atom is 0.216 e. The highest BCUT2D eigenvalue weighted by Gasteiger charge is 2.11. The number of rotatable bonds is 3. The topological polar surface area (TPSA) is 37.5 Å². The van der Waals surface area contributed by atoms with Gasteiger partial charge in [-0.3, -0.25) is 9.56 Å². The maximum absolute atomic E-state index is 10.4. The third kappa shape index (κ3) is 3.52. The molecule has 1 heterocycles. The number of aromatic hydroxyl groups is 1. The maximum atomic E-state index is 10.4. The molecular formula is C17H13ClN2OS2. The van der Waals surface area contributed by atoms with Gasteiger partial charge in [0.2, 0.25) is 5.88 Å². The van der Waals surface area contributed by atoms with E-state index in [2.05, 4.69) is 4.99 Å². The van der Waals surface area contributed by atoms with Gasteiger partial charge in [-0.2, -0.15) is 0 Å². The minimum atomic E-state index is 0.0987. The zero-order valence-electron chi connectivity index (χ0n) is 12.2. The van der Waals surface area contributed by atoms with Crippen LogP contribution in [0, 0.1) is 10.9 Å². The summed E-state index contributed by atoms with van der Waals surface area (Å²) in [4.78, 5) is 4.96. The van der Waals surface area contributed by atoms with Gasteiger partial charge >= 0.3 is 0 Å². The zero-order chi connectivity index (χ0) is 16.4. The molecule has 0 aliphatic rings. The minimum Gasteiger partial charge on any atom is -0.493 e. The highest BCUT2D eigenvalue weighted by molar-refractivity contribution is 7.73.